The maximum atomic E-state index is 2.77. The maximum absolute atomic E-state index is 2.77. The summed E-state index contributed by atoms with van der Waals surface area (Å²) in [6.45, 7) is 8.82. The molecule has 1 fully saturated rings. The van der Waals surface area contributed by atoms with Crippen molar-refractivity contribution in [1.29, 1.82) is 0 Å². The first-order chi connectivity index (χ1) is 11.6. The van der Waals surface area contributed by atoms with E-state index >= 15 is 0 Å². The van der Waals surface area contributed by atoms with Crippen molar-refractivity contribution in [2.24, 2.45) is 11.8 Å². The molecule has 0 N–H and O–H groups in total. The van der Waals surface area contributed by atoms with Gasteiger partial charge in [-0.2, -0.15) is 0 Å². The molecule has 0 aromatic rings. The van der Waals surface area contributed by atoms with Crippen LogP contribution in [0.4, 0.5) is 0 Å². The molecule has 1 heterocycles. The van der Waals surface area contributed by atoms with Gasteiger partial charge in [-0.05, 0) is 63.6 Å². The molecule has 0 bridgehead atoms. The van der Waals surface area contributed by atoms with Gasteiger partial charge in [0.25, 0.3) is 0 Å². The highest BCUT2D eigenvalue weighted by Crippen LogP contribution is 2.21. The third-order valence-corrected chi connectivity index (χ3v) is 5.70. The standard InChI is InChI=1S/C22H45N2/c1-5-12-22(15-10-17-23(3)4)16-11-20-24-18-8-6-13-21(2)14-7-9-19-24/h17,21-22H,5-16,18-20H2,1-4H3/q+1/t22-/m0/s1. The molecular weight excluding hydrogens is 292 g/mol. The molecule has 0 saturated carbocycles. The zero-order valence-corrected chi connectivity index (χ0v) is 17.2. The largest absolute Gasteiger partial charge is 0.303 e. The molecule has 0 unspecified atom stereocenters. The van der Waals surface area contributed by atoms with E-state index in [1.807, 2.05) is 0 Å². The lowest BCUT2D eigenvalue weighted by Crippen LogP contribution is -2.28. The van der Waals surface area contributed by atoms with Crippen molar-refractivity contribution in [1.82, 2.24) is 4.90 Å². The van der Waals surface area contributed by atoms with E-state index in [4.69, 9.17) is 0 Å². The van der Waals surface area contributed by atoms with Crippen molar-refractivity contribution < 1.29 is 4.58 Å². The fourth-order valence-electron chi connectivity index (χ4n) is 4.15. The first-order valence-corrected chi connectivity index (χ1v) is 10.8. The molecule has 1 saturated heterocycles. The lowest BCUT2D eigenvalue weighted by Gasteiger charge is -2.25. The van der Waals surface area contributed by atoms with Gasteiger partial charge in [0.15, 0.2) is 0 Å². The van der Waals surface area contributed by atoms with Gasteiger partial charge in [0.05, 0.1) is 0 Å². The summed E-state index contributed by atoms with van der Waals surface area (Å²) in [5, 5.41) is 0. The maximum Gasteiger partial charge on any atom is 0.139 e. The predicted molar refractivity (Wildman–Crippen MR) is 108 cm³/mol. The summed E-state index contributed by atoms with van der Waals surface area (Å²) in [5.74, 6) is 1.90. The van der Waals surface area contributed by atoms with Crippen LogP contribution in [0, 0.1) is 11.8 Å². The second-order valence-corrected chi connectivity index (χ2v) is 8.46. The van der Waals surface area contributed by atoms with E-state index in [9.17, 15) is 0 Å². The average Bonchev–Trinajstić information content (AvgIpc) is 2.54. The first-order valence-electron chi connectivity index (χ1n) is 10.8. The van der Waals surface area contributed by atoms with Crippen LogP contribution in [0.15, 0.2) is 0 Å². The minimum Gasteiger partial charge on any atom is -0.303 e. The summed E-state index contributed by atoms with van der Waals surface area (Å²) in [4.78, 5) is 2.77. The Balaban J connectivity index is 2.26. The van der Waals surface area contributed by atoms with Crippen molar-refractivity contribution >= 4 is 6.21 Å². The number of hydrogen-bond acceptors (Lipinski definition) is 1. The molecule has 142 valence electrons. The monoisotopic (exact) mass is 337 g/mol. The Kier molecular flexibility index (Phi) is 12.5. The molecule has 0 radical (unpaired) electrons. The fourth-order valence-corrected chi connectivity index (χ4v) is 4.15. The van der Waals surface area contributed by atoms with Crippen LogP contribution in [-0.4, -0.2) is 49.4 Å². The van der Waals surface area contributed by atoms with Gasteiger partial charge < -0.3 is 4.90 Å². The molecule has 0 amide bonds. The van der Waals surface area contributed by atoms with Crippen LogP contribution in [0.5, 0.6) is 0 Å². The lowest BCUT2D eigenvalue weighted by atomic mass is 9.93. The third-order valence-electron chi connectivity index (χ3n) is 5.70. The molecule has 0 aromatic heterocycles. The summed E-state index contributed by atoms with van der Waals surface area (Å²) in [6.07, 6.45) is 19.2. The molecular formula is C22H45N2+. The minimum atomic E-state index is 0.938. The van der Waals surface area contributed by atoms with Gasteiger partial charge in [0, 0.05) is 6.42 Å². The third kappa shape index (κ3) is 11.2. The molecule has 0 aliphatic carbocycles. The zero-order valence-electron chi connectivity index (χ0n) is 17.2. The van der Waals surface area contributed by atoms with E-state index in [1.54, 1.807) is 0 Å². The van der Waals surface area contributed by atoms with Gasteiger partial charge in [-0.3, -0.25) is 0 Å². The van der Waals surface area contributed by atoms with Gasteiger partial charge in [0.1, 0.15) is 20.3 Å². The van der Waals surface area contributed by atoms with Gasteiger partial charge >= 0.3 is 0 Å². The van der Waals surface area contributed by atoms with E-state index in [1.165, 1.54) is 96.7 Å². The summed E-state index contributed by atoms with van der Waals surface area (Å²) < 4.78 is 2.20. The quantitative estimate of drug-likeness (QED) is 0.392. The van der Waals surface area contributed by atoms with Crippen LogP contribution in [0.1, 0.15) is 90.9 Å². The summed E-state index contributed by atoms with van der Waals surface area (Å²) in [7, 11) is 4.28. The summed E-state index contributed by atoms with van der Waals surface area (Å²) in [5.41, 5.74) is 0. The normalized spacial score (nSPS) is 19.8. The Bertz CT molecular complexity index is 308. The molecule has 1 atom stereocenters. The Labute approximate surface area is 152 Å². The van der Waals surface area contributed by atoms with Crippen LogP contribution >= 0.6 is 0 Å². The predicted octanol–water partition coefficient (Wildman–Crippen LogP) is 5.60. The van der Waals surface area contributed by atoms with Gasteiger partial charge in [0.2, 0.25) is 0 Å². The Morgan fingerprint density at radius 2 is 1.67 bits per heavy atom. The zero-order chi connectivity index (χ0) is 17.6. The van der Waals surface area contributed by atoms with Crippen LogP contribution in [0.3, 0.4) is 0 Å². The summed E-state index contributed by atoms with van der Waals surface area (Å²) >= 11 is 0. The lowest BCUT2D eigenvalue weighted by molar-refractivity contribution is -0.460. The van der Waals surface area contributed by atoms with Crippen molar-refractivity contribution in [2.45, 2.75) is 90.9 Å². The summed E-state index contributed by atoms with van der Waals surface area (Å²) in [6, 6.07) is 0. The van der Waals surface area contributed by atoms with Crippen LogP contribution in [-0.2, 0) is 0 Å². The molecule has 24 heavy (non-hydrogen) atoms. The highest BCUT2D eigenvalue weighted by atomic mass is 15.1. The van der Waals surface area contributed by atoms with Gasteiger partial charge in [-0.15, -0.1) is 0 Å². The number of rotatable bonds is 9. The second kappa shape index (κ2) is 13.9. The Hall–Kier alpha value is -0.370. The van der Waals surface area contributed by atoms with E-state index < -0.39 is 0 Å². The highest BCUT2D eigenvalue weighted by Gasteiger charge is 2.12. The van der Waals surface area contributed by atoms with Crippen molar-refractivity contribution in [3.63, 3.8) is 0 Å². The highest BCUT2D eigenvalue weighted by molar-refractivity contribution is 5.50. The van der Waals surface area contributed by atoms with Crippen LogP contribution in [0.2, 0.25) is 0 Å². The molecule has 0 aromatic carbocycles. The second-order valence-electron chi connectivity index (χ2n) is 8.46. The fraction of sp³-hybridized carbons (Fsp3) is 0.955. The van der Waals surface area contributed by atoms with Crippen LogP contribution < -0.4 is 0 Å². The molecule has 1 rings (SSSR count). The van der Waals surface area contributed by atoms with Crippen molar-refractivity contribution in [3.8, 4) is 0 Å². The molecule has 1 aliphatic rings. The Morgan fingerprint density at radius 3 is 2.25 bits per heavy atom. The molecule has 1 aliphatic heterocycles. The Morgan fingerprint density at radius 1 is 1.00 bits per heavy atom. The van der Waals surface area contributed by atoms with Crippen molar-refractivity contribution in [2.75, 3.05) is 33.7 Å². The first kappa shape index (κ1) is 21.7. The van der Waals surface area contributed by atoms with Crippen molar-refractivity contribution in [3.05, 3.63) is 0 Å². The molecule has 2 heteroatoms. The SMILES string of the molecule is CCC[C@@H](CCC=[N+](C)C)CCCN1CCCCC(C)CCCC1. The number of nitrogens with zero attached hydrogens (tertiary/aromatic N) is 2. The molecule has 2 nitrogen and oxygen atoms in total. The van der Waals surface area contributed by atoms with E-state index in [2.05, 4.69) is 43.6 Å². The van der Waals surface area contributed by atoms with E-state index in [-0.39, 0.29) is 0 Å². The van der Waals surface area contributed by atoms with Gasteiger partial charge in [-0.1, -0.05) is 52.4 Å². The smallest absolute Gasteiger partial charge is 0.139 e. The van der Waals surface area contributed by atoms with E-state index in [0.717, 1.165) is 11.8 Å². The average molecular weight is 338 g/mol. The van der Waals surface area contributed by atoms with Crippen LogP contribution in [0.25, 0.3) is 0 Å². The number of hydrogen-bond donors (Lipinski definition) is 0. The topological polar surface area (TPSA) is 6.25 Å². The van der Waals surface area contributed by atoms with E-state index in [0.29, 0.717) is 0 Å². The van der Waals surface area contributed by atoms with Gasteiger partial charge in [-0.25, -0.2) is 4.58 Å². The minimum absolute atomic E-state index is 0.938. The molecule has 0 spiro atoms.